The van der Waals surface area contributed by atoms with Crippen LogP contribution in [0.25, 0.3) is 0 Å². The van der Waals surface area contributed by atoms with Crippen molar-refractivity contribution in [3.63, 3.8) is 0 Å². The predicted octanol–water partition coefficient (Wildman–Crippen LogP) is 4.24. The van der Waals surface area contributed by atoms with Gasteiger partial charge in [0.15, 0.2) is 0 Å². The van der Waals surface area contributed by atoms with E-state index in [0.717, 1.165) is 11.3 Å². The minimum Gasteiger partial charge on any atom is -0.489 e. The molecule has 0 aromatic heterocycles. The number of aryl methyl sites for hydroxylation is 3. The lowest BCUT2D eigenvalue weighted by atomic mass is 10.0. The Bertz CT molecular complexity index is 577. The number of ether oxygens (including phenoxy) is 1. The van der Waals surface area contributed by atoms with Crippen molar-refractivity contribution in [2.45, 2.75) is 40.4 Å². The molecular weight excluding hydrogens is 248 g/mol. The van der Waals surface area contributed by atoms with Gasteiger partial charge < -0.3 is 9.84 Å². The molecule has 20 heavy (non-hydrogen) atoms. The average Bonchev–Trinajstić information content (AvgIpc) is 2.37. The molecule has 0 aliphatic rings. The van der Waals surface area contributed by atoms with Crippen molar-refractivity contribution in [1.29, 1.82) is 0 Å². The van der Waals surface area contributed by atoms with Gasteiger partial charge in [0.05, 0.1) is 6.10 Å². The molecule has 0 bridgehead atoms. The third-order valence-electron chi connectivity index (χ3n) is 3.58. The van der Waals surface area contributed by atoms with Crippen LogP contribution in [0.4, 0.5) is 0 Å². The molecule has 1 unspecified atom stereocenters. The SMILES string of the molecule is Cc1cc(C)c(COc2ccccc2C(C)O)c(C)c1. The molecule has 0 aliphatic carbocycles. The third kappa shape index (κ3) is 3.20. The number of aliphatic hydroxyl groups excluding tert-OH is 1. The fourth-order valence-corrected chi connectivity index (χ4v) is 2.54. The van der Waals surface area contributed by atoms with Gasteiger partial charge in [-0.3, -0.25) is 0 Å². The van der Waals surface area contributed by atoms with E-state index in [9.17, 15) is 5.11 Å². The van der Waals surface area contributed by atoms with Crippen LogP contribution in [0.2, 0.25) is 0 Å². The fraction of sp³-hybridized carbons (Fsp3) is 0.333. The average molecular weight is 270 g/mol. The van der Waals surface area contributed by atoms with Crippen molar-refractivity contribution in [2.75, 3.05) is 0 Å². The van der Waals surface area contributed by atoms with Gasteiger partial charge in [-0.05, 0) is 50.5 Å². The number of hydrogen-bond acceptors (Lipinski definition) is 2. The Morgan fingerprint density at radius 1 is 1.05 bits per heavy atom. The van der Waals surface area contributed by atoms with Crippen molar-refractivity contribution in [3.05, 3.63) is 64.2 Å². The Morgan fingerprint density at radius 2 is 1.65 bits per heavy atom. The summed E-state index contributed by atoms with van der Waals surface area (Å²) in [7, 11) is 0. The second kappa shape index (κ2) is 6.10. The van der Waals surface area contributed by atoms with Crippen LogP contribution in [-0.2, 0) is 6.61 Å². The van der Waals surface area contributed by atoms with E-state index in [1.54, 1.807) is 6.92 Å². The van der Waals surface area contributed by atoms with E-state index in [1.807, 2.05) is 24.3 Å². The molecule has 106 valence electrons. The molecular formula is C18H22O2. The van der Waals surface area contributed by atoms with Crippen LogP contribution >= 0.6 is 0 Å². The molecule has 0 radical (unpaired) electrons. The summed E-state index contributed by atoms with van der Waals surface area (Å²) in [5.41, 5.74) is 5.81. The van der Waals surface area contributed by atoms with E-state index in [2.05, 4.69) is 32.9 Å². The highest BCUT2D eigenvalue weighted by Crippen LogP contribution is 2.26. The highest BCUT2D eigenvalue weighted by Gasteiger charge is 2.10. The first-order chi connectivity index (χ1) is 9.49. The summed E-state index contributed by atoms with van der Waals surface area (Å²) in [6.45, 7) is 8.61. The normalized spacial score (nSPS) is 12.2. The first-order valence-corrected chi connectivity index (χ1v) is 6.95. The van der Waals surface area contributed by atoms with E-state index >= 15 is 0 Å². The molecule has 2 aromatic carbocycles. The van der Waals surface area contributed by atoms with Crippen LogP contribution in [0.15, 0.2) is 36.4 Å². The number of hydrogen-bond donors (Lipinski definition) is 1. The van der Waals surface area contributed by atoms with Crippen LogP contribution in [0.3, 0.4) is 0 Å². The van der Waals surface area contributed by atoms with Gasteiger partial charge in [-0.2, -0.15) is 0 Å². The number of para-hydroxylation sites is 1. The zero-order valence-corrected chi connectivity index (χ0v) is 12.6. The van der Waals surface area contributed by atoms with Gasteiger partial charge in [0, 0.05) is 5.56 Å². The van der Waals surface area contributed by atoms with Gasteiger partial charge in [0.1, 0.15) is 12.4 Å². The number of rotatable bonds is 4. The summed E-state index contributed by atoms with van der Waals surface area (Å²) in [6, 6.07) is 12.0. The van der Waals surface area contributed by atoms with Gasteiger partial charge >= 0.3 is 0 Å². The molecule has 2 aromatic rings. The first kappa shape index (κ1) is 14.6. The largest absolute Gasteiger partial charge is 0.489 e. The quantitative estimate of drug-likeness (QED) is 0.900. The highest BCUT2D eigenvalue weighted by atomic mass is 16.5. The maximum atomic E-state index is 9.77. The van der Waals surface area contributed by atoms with E-state index in [-0.39, 0.29) is 0 Å². The molecule has 1 atom stereocenters. The molecule has 0 saturated carbocycles. The van der Waals surface area contributed by atoms with E-state index in [4.69, 9.17) is 4.74 Å². The molecule has 1 N–H and O–H groups in total. The zero-order valence-electron chi connectivity index (χ0n) is 12.6. The molecule has 0 fully saturated rings. The molecule has 2 nitrogen and oxygen atoms in total. The Labute approximate surface area is 121 Å². The minimum absolute atomic E-state index is 0.522. The number of benzene rings is 2. The van der Waals surface area contributed by atoms with Gasteiger partial charge in [0.25, 0.3) is 0 Å². The standard InChI is InChI=1S/C18H22O2/c1-12-9-13(2)17(14(3)10-12)11-20-18-8-6-5-7-16(18)15(4)19/h5-10,15,19H,11H2,1-4H3. The highest BCUT2D eigenvalue weighted by molar-refractivity contribution is 5.39. The molecule has 0 spiro atoms. The fourth-order valence-electron chi connectivity index (χ4n) is 2.54. The van der Waals surface area contributed by atoms with Gasteiger partial charge in [-0.15, -0.1) is 0 Å². The van der Waals surface area contributed by atoms with Crippen molar-refractivity contribution in [2.24, 2.45) is 0 Å². The van der Waals surface area contributed by atoms with Crippen LogP contribution in [0, 0.1) is 20.8 Å². The molecule has 0 heterocycles. The van der Waals surface area contributed by atoms with E-state index in [1.165, 1.54) is 22.3 Å². The zero-order chi connectivity index (χ0) is 14.7. The Morgan fingerprint density at radius 3 is 2.25 bits per heavy atom. The summed E-state index contributed by atoms with van der Waals surface area (Å²) < 4.78 is 5.93. The van der Waals surface area contributed by atoms with Crippen LogP contribution in [0.5, 0.6) is 5.75 Å². The molecule has 2 rings (SSSR count). The lowest BCUT2D eigenvalue weighted by molar-refractivity contribution is 0.190. The third-order valence-corrected chi connectivity index (χ3v) is 3.58. The maximum Gasteiger partial charge on any atom is 0.125 e. The monoisotopic (exact) mass is 270 g/mol. The summed E-state index contributed by atoms with van der Waals surface area (Å²) in [5, 5.41) is 9.77. The smallest absolute Gasteiger partial charge is 0.125 e. The summed E-state index contributed by atoms with van der Waals surface area (Å²) in [5.74, 6) is 0.752. The van der Waals surface area contributed by atoms with Crippen molar-refractivity contribution >= 4 is 0 Å². The Balaban J connectivity index is 2.22. The van der Waals surface area contributed by atoms with Crippen LogP contribution < -0.4 is 4.74 Å². The maximum absolute atomic E-state index is 9.77. The van der Waals surface area contributed by atoms with Crippen LogP contribution in [0.1, 0.15) is 40.8 Å². The molecule has 2 heteroatoms. The Hall–Kier alpha value is -1.80. The van der Waals surface area contributed by atoms with E-state index < -0.39 is 6.10 Å². The summed E-state index contributed by atoms with van der Waals surface area (Å²) in [6.07, 6.45) is -0.522. The van der Waals surface area contributed by atoms with E-state index in [0.29, 0.717) is 6.61 Å². The van der Waals surface area contributed by atoms with Crippen LogP contribution in [-0.4, -0.2) is 5.11 Å². The molecule has 0 saturated heterocycles. The minimum atomic E-state index is -0.522. The summed E-state index contributed by atoms with van der Waals surface area (Å²) in [4.78, 5) is 0. The Kier molecular flexibility index (Phi) is 4.46. The molecule has 0 amide bonds. The molecule has 0 aliphatic heterocycles. The van der Waals surface area contributed by atoms with Gasteiger partial charge in [-0.1, -0.05) is 35.9 Å². The second-order valence-electron chi connectivity index (χ2n) is 5.38. The lowest BCUT2D eigenvalue weighted by Gasteiger charge is -2.16. The van der Waals surface area contributed by atoms with Gasteiger partial charge in [0.2, 0.25) is 0 Å². The predicted molar refractivity (Wildman–Crippen MR) is 82.1 cm³/mol. The van der Waals surface area contributed by atoms with Crippen molar-refractivity contribution < 1.29 is 9.84 Å². The van der Waals surface area contributed by atoms with Crippen molar-refractivity contribution in [3.8, 4) is 5.75 Å². The number of aliphatic hydroxyl groups is 1. The van der Waals surface area contributed by atoms with Gasteiger partial charge in [-0.25, -0.2) is 0 Å². The topological polar surface area (TPSA) is 29.5 Å². The van der Waals surface area contributed by atoms with Crippen molar-refractivity contribution in [1.82, 2.24) is 0 Å². The summed E-state index contributed by atoms with van der Waals surface area (Å²) >= 11 is 0. The lowest BCUT2D eigenvalue weighted by Crippen LogP contribution is -2.04. The second-order valence-corrected chi connectivity index (χ2v) is 5.38. The first-order valence-electron chi connectivity index (χ1n) is 6.95.